The van der Waals surface area contributed by atoms with Gasteiger partial charge in [-0.3, -0.25) is 0 Å². The average Bonchev–Trinajstić information content (AvgIpc) is 3.22. The number of epoxide rings is 1. The van der Waals surface area contributed by atoms with Crippen molar-refractivity contribution in [2.75, 3.05) is 0 Å². The molecule has 3 fully saturated rings. The number of rotatable bonds is 3. The van der Waals surface area contributed by atoms with Gasteiger partial charge in [-0.25, -0.2) is 4.79 Å². The van der Waals surface area contributed by atoms with Gasteiger partial charge in [-0.15, -0.1) is 0 Å². The van der Waals surface area contributed by atoms with E-state index < -0.39 is 0 Å². The van der Waals surface area contributed by atoms with E-state index in [0.717, 1.165) is 19.3 Å². The Bertz CT molecular complexity index is 395. The van der Waals surface area contributed by atoms with Crippen LogP contribution in [0.1, 0.15) is 78.6 Å². The van der Waals surface area contributed by atoms with E-state index in [1.54, 1.807) is 0 Å². The fourth-order valence-electron chi connectivity index (χ4n) is 4.63. The zero-order valence-electron chi connectivity index (χ0n) is 14.5. The first-order chi connectivity index (χ1) is 10.5. The van der Waals surface area contributed by atoms with Gasteiger partial charge in [0.05, 0.1) is 0 Å². The molecule has 3 rings (SSSR count). The van der Waals surface area contributed by atoms with Crippen LogP contribution in [0.25, 0.3) is 0 Å². The van der Waals surface area contributed by atoms with Crippen LogP contribution in [0.4, 0.5) is 0 Å². The monoisotopic (exact) mass is 308 g/mol. The molecule has 2 aliphatic carbocycles. The van der Waals surface area contributed by atoms with Crippen LogP contribution >= 0.6 is 0 Å². The summed E-state index contributed by atoms with van der Waals surface area (Å²) in [6, 6.07) is 0. The standard InChI is InChI=1S/C19H32O3/c1-13(2)15-9-8-14(3)12-16(15)21-18(20)17-19(22-17)10-6-4-5-7-11-19/h13-17H,4-12H2,1-3H3/t14-,15+,16-,17?/m1/s1. The molecule has 1 unspecified atom stereocenters. The Morgan fingerprint density at radius 3 is 2.45 bits per heavy atom. The Morgan fingerprint density at radius 1 is 1.14 bits per heavy atom. The minimum Gasteiger partial charge on any atom is -0.460 e. The van der Waals surface area contributed by atoms with Gasteiger partial charge >= 0.3 is 5.97 Å². The second-order valence-corrected chi connectivity index (χ2v) is 8.28. The van der Waals surface area contributed by atoms with Crippen LogP contribution in [0.5, 0.6) is 0 Å². The Balaban J connectivity index is 1.59. The first-order valence-electron chi connectivity index (χ1n) is 9.40. The van der Waals surface area contributed by atoms with Crippen molar-refractivity contribution in [3.05, 3.63) is 0 Å². The molecular weight excluding hydrogens is 276 g/mol. The summed E-state index contributed by atoms with van der Waals surface area (Å²) in [5, 5.41) is 0. The summed E-state index contributed by atoms with van der Waals surface area (Å²) in [5.41, 5.74) is -0.152. The Labute approximate surface area is 135 Å². The highest BCUT2D eigenvalue weighted by Gasteiger charge is 2.61. The largest absolute Gasteiger partial charge is 0.460 e. The van der Waals surface area contributed by atoms with Crippen molar-refractivity contribution < 1.29 is 14.3 Å². The van der Waals surface area contributed by atoms with E-state index in [0.29, 0.717) is 17.8 Å². The zero-order chi connectivity index (χ0) is 15.7. The molecule has 0 aromatic rings. The molecule has 22 heavy (non-hydrogen) atoms. The molecule has 126 valence electrons. The van der Waals surface area contributed by atoms with Crippen LogP contribution in [0, 0.1) is 17.8 Å². The summed E-state index contributed by atoms with van der Waals surface area (Å²) in [7, 11) is 0. The van der Waals surface area contributed by atoms with Gasteiger partial charge in [-0.1, -0.05) is 52.9 Å². The Kier molecular flexibility index (Phi) is 4.82. The van der Waals surface area contributed by atoms with Crippen molar-refractivity contribution in [1.82, 2.24) is 0 Å². The van der Waals surface area contributed by atoms with Gasteiger partial charge in [0.15, 0.2) is 6.10 Å². The molecule has 0 radical (unpaired) electrons. The molecule has 3 heteroatoms. The Hall–Kier alpha value is -0.570. The van der Waals surface area contributed by atoms with E-state index >= 15 is 0 Å². The smallest absolute Gasteiger partial charge is 0.338 e. The molecule has 0 aromatic heterocycles. The molecular formula is C19H32O3. The molecule has 0 N–H and O–H groups in total. The first-order valence-corrected chi connectivity index (χ1v) is 9.40. The summed E-state index contributed by atoms with van der Waals surface area (Å²) in [6.45, 7) is 6.78. The van der Waals surface area contributed by atoms with E-state index in [-0.39, 0.29) is 23.8 Å². The maximum absolute atomic E-state index is 12.6. The first kappa shape index (κ1) is 16.3. The maximum Gasteiger partial charge on any atom is 0.338 e. The van der Waals surface area contributed by atoms with Crippen molar-refractivity contribution >= 4 is 5.97 Å². The van der Waals surface area contributed by atoms with Crippen molar-refractivity contribution in [3.63, 3.8) is 0 Å². The zero-order valence-corrected chi connectivity index (χ0v) is 14.5. The molecule has 2 saturated carbocycles. The van der Waals surface area contributed by atoms with Crippen molar-refractivity contribution in [1.29, 1.82) is 0 Å². The van der Waals surface area contributed by atoms with Gasteiger partial charge in [0.1, 0.15) is 11.7 Å². The van der Waals surface area contributed by atoms with E-state index in [1.807, 2.05) is 0 Å². The summed E-state index contributed by atoms with van der Waals surface area (Å²) in [4.78, 5) is 12.6. The van der Waals surface area contributed by atoms with Gasteiger partial charge in [-0.2, -0.15) is 0 Å². The van der Waals surface area contributed by atoms with E-state index in [1.165, 1.54) is 38.5 Å². The lowest BCUT2D eigenvalue weighted by molar-refractivity contribution is -0.157. The number of esters is 1. The molecule has 1 aliphatic heterocycles. The van der Waals surface area contributed by atoms with Gasteiger partial charge in [0.25, 0.3) is 0 Å². The molecule has 3 nitrogen and oxygen atoms in total. The number of hydrogen-bond acceptors (Lipinski definition) is 3. The fourth-order valence-corrected chi connectivity index (χ4v) is 4.63. The Morgan fingerprint density at radius 2 is 1.82 bits per heavy atom. The second kappa shape index (κ2) is 6.51. The quantitative estimate of drug-likeness (QED) is 0.570. The van der Waals surface area contributed by atoms with Gasteiger partial charge in [0, 0.05) is 0 Å². The lowest BCUT2D eigenvalue weighted by Gasteiger charge is -2.36. The molecule has 1 spiro atoms. The van der Waals surface area contributed by atoms with Crippen molar-refractivity contribution in [2.24, 2.45) is 17.8 Å². The number of hydrogen-bond donors (Lipinski definition) is 0. The molecule has 0 bridgehead atoms. The number of ether oxygens (including phenoxy) is 2. The predicted octanol–water partition coefficient (Wildman–Crippen LogP) is 4.48. The van der Waals surface area contributed by atoms with E-state index in [9.17, 15) is 4.79 Å². The van der Waals surface area contributed by atoms with Crippen LogP contribution < -0.4 is 0 Å². The topological polar surface area (TPSA) is 38.8 Å². The van der Waals surface area contributed by atoms with E-state index in [4.69, 9.17) is 9.47 Å². The molecule has 4 atom stereocenters. The molecule has 3 aliphatic rings. The predicted molar refractivity (Wildman–Crippen MR) is 86.5 cm³/mol. The third-order valence-electron chi connectivity index (χ3n) is 6.17. The molecule has 1 saturated heterocycles. The van der Waals surface area contributed by atoms with Crippen LogP contribution in [-0.4, -0.2) is 23.8 Å². The second-order valence-electron chi connectivity index (χ2n) is 8.28. The van der Waals surface area contributed by atoms with Gasteiger partial charge in [0.2, 0.25) is 0 Å². The lowest BCUT2D eigenvalue weighted by Crippen LogP contribution is -2.37. The molecule has 1 heterocycles. The number of carbonyl (C=O) groups excluding carboxylic acids is 1. The van der Waals surface area contributed by atoms with Crippen LogP contribution in [-0.2, 0) is 14.3 Å². The maximum atomic E-state index is 12.6. The summed E-state index contributed by atoms with van der Waals surface area (Å²) < 4.78 is 11.8. The highest BCUT2D eigenvalue weighted by atomic mass is 16.7. The third kappa shape index (κ3) is 3.34. The minimum absolute atomic E-state index is 0.0772. The summed E-state index contributed by atoms with van der Waals surface area (Å²) >= 11 is 0. The molecule has 0 aromatic carbocycles. The summed E-state index contributed by atoms with van der Waals surface area (Å²) in [6.07, 6.45) is 10.3. The minimum atomic E-state index is -0.268. The molecule has 0 amide bonds. The van der Waals surface area contributed by atoms with Crippen LogP contribution in [0.2, 0.25) is 0 Å². The highest BCUT2D eigenvalue weighted by Crippen LogP contribution is 2.48. The SMILES string of the molecule is CC(C)[C@@H]1CC[C@@H](C)C[C@H]1OC(=O)C1OC12CCCCCC2. The van der Waals surface area contributed by atoms with Gasteiger partial charge < -0.3 is 9.47 Å². The van der Waals surface area contributed by atoms with Crippen LogP contribution in [0.15, 0.2) is 0 Å². The van der Waals surface area contributed by atoms with Crippen LogP contribution in [0.3, 0.4) is 0 Å². The number of carbonyl (C=O) groups is 1. The van der Waals surface area contributed by atoms with Gasteiger partial charge in [-0.05, 0) is 43.4 Å². The average molecular weight is 308 g/mol. The lowest BCUT2D eigenvalue weighted by atomic mass is 9.75. The fraction of sp³-hybridized carbons (Fsp3) is 0.947. The van der Waals surface area contributed by atoms with E-state index in [2.05, 4.69) is 20.8 Å². The third-order valence-corrected chi connectivity index (χ3v) is 6.17. The van der Waals surface area contributed by atoms with Crippen molar-refractivity contribution in [2.45, 2.75) is 96.4 Å². The summed E-state index contributed by atoms with van der Waals surface area (Å²) in [5.74, 6) is 1.69. The van der Waals surface area contributed by atoms with Crippen molar-refractivity contribution in [3.8, 4) is 0 Å². The highest BCUT2D eigenvalue weighted by molar-refractivity contribution is 5.79. The normalized spacial score (nSPS) is 37.8.